The van der Waals surface area contributed by atoms with Gasteiger partial charge in [0.1, 0.15) is 11.5 Å². The molecular weight excluding hydrogens is 374 g/mol. The molecule has 0 aromatic heterocycles. The van der Waals surface area contributed by atoms with Gasteiger partial charge in [-0.15, -0.1) is 0 Å². The molecule has 1 N–H and O–H groups in total. The normalized spacial score (nSPS) is 11.7. The molecule has 0 aliphatic carbocycles. The summed E-state index contributed by atoms with van der Waals surface area (Å²) in [6.45, 7) is 7.00. The van der Waals surface area contributed by atoms with E-state index in [-0.39, 0.29) is 12.5 Å². The SMILES string of the molecule is CCCCC(CC)COc1ccc(OCC(=O)Nc2ccc(C)c(Cl)c2)cc1. The summed E-state index contributed by atoms with van der Waals surface area (Å²) in [4.78, 5) is 12.0. The lowest BCUT2D eigenvalue weighted by atomic mass is 10.0. The van der Waals surface area contributed by atoms with Crippen LogP contribution >= 0.6 is 11.6 Å². The van der Waals surface area contributed by atoms with Gasteiger partial charge in [-0.05, 0) is 61.2 Å². The smallest absolute Gasteiger partial charge is 0.262 e. The molecule has 1 atom stereocenters. The van der Waals surface area contributed by atoms with E-state index in [0.29, 0.717) is 22.4 Å². The standard InChI is InChI=1S/C23H30ClNO3/c1-4-6-7-18(5-2)15-27-20-10-12-21(13-11-20)28-16-23(26)25-19-9-8-17(3)22(24)14-19/h8-14,18H,4-7,15-16H2,1-3H3,(H,25,26). The Hall–Kier alpha value is -2.20. The summed E-state index contributed by atoms with van der Waals surface area (Å²) < 4.78 is 11.4. The Bertz CT molecular complexity index is 746. The van der Waals surface area contributed by atoms with Crippen LogP contribution in [0.2, 0.25) is 5.02 Å². The molecule has 0 spiro atoms. The minimum atomic E-state index is -0.234. The van der Waals surface area contributed by atoms with Crippen molar-refractivity contribution in [2.45, 2.75) is 46.5 Å². The van der Waals surface area contributed by atoms with E-state index in [2.05, 4.69) is 19.2 Å². The van der Waals surface area contributed by atoms with E-state index in [9.17, 15) is 4.79 Å². The fraction of sp³-hybridized carbons (Fsp3) is 0.435. The number of halogens is 1. The Morgan fingerprint density at radius 2 is 1.75 bits per heavy atom. The first-order valence-corrected chi connectivity index (χ1v) is 10.3. The highest BCUT2D eigenvalue weighted by atomic mass is 35.5. The van der Waals surface area contributed by atoms with Crippen molar-refractivity contribution in [3.63, 3.8) is 0 Å². The molecule has 2 aromatic rings. The number of carbonyl (C=O) groups excluding carboxylic acids is 1. The fourth-order valence-electron chi connectivity index (χ4n) is 2.76. The van der Waals surface area contributed by atoms with Crippen LogP contribution < -0.4 is 14.8 Å². The monoisotopic (exact) mass is 403 g/mol. The van der Waals surface area contributed by atoms with E-state index >= 15 is 0 Å². The average molecular weight is 404 g/mol. The van der Waals surface area contributed by atoms with Crippen LogP contribution in [-0.4, -0.2) is 19.1 Å². The van der Waals surface area contributed by atoms with Crippen LogP contribution in [0.15, 0.2) is 42.5 Å². The molecule has 0 heterocycles. The van der Waals surface area contributed by atoms with E-state index in [1.165, 1.54) is 19.3 Å². The Kier molecular flexibility index (Phi) is 9.15. The molecule has 4 nitrogen and oxygen atoms in total. The van der Waals surface area contributed by atoms with Gasteiger partial charge in [0.05, 0.1) is 6.61 Å². The number of hydrogen-bond acceptors (Lipinski definition) is 3. The zero-order valence-corrected chi connectivity index (χ0v) is 17.7. The summed E-state index contributed by atoms with van der Waals surface area (Å²) >= 11 is 6.07. The Morgan fingerprint density at radius 1 is 1.07 bits per heavy atom. The molecule has 0 aliphatic rings. The number of rotatable bonds is 11. The van der Waals surface area contributed by atoms with Gasteiger partial charge in [-0.2, -0.15) is 0 Å². The van der Waals surface area contributed by atoms with E-state index in [1.54, 1.807) is 6.07 Å². The molecule has 0 aliphatic heterocycles. The average Bonchev–Trinajstić information content (AvgIpc) is 2.70. The second-order valence-electron chi connectivity index (χ2n) is 7.00. The van der Waals surface area contributed by atoms with Crippen molar-refractivity contribution in [1.82, 2.24) is 0 Å². The van der Waals surface area contributed by atoms with Gasteiger partial charge < -0.3 is 14.8 Å². The van der Waals surface area contributed by atoms with Crippen molar-refractivity contribution in [3.8, 4) is 11.5 Å². The predicted molar refractivity (Wildman–Crippen MR) is 116 cm³/mol. The maximum Gasteiger partial charge on any atom is 0.262 e. The Balaban J connectivity index is 1.77. The number of unbranched alkanes of at least 4 members (excludes halogenated alkanes) is 1. The molecule has 0 saturated carbocycles. The van der Waals surface area contributed by atoms with E-state index in [1.807, 2.05) is 43.3 Å². The van der Waals surface area contributed by atoms with Crippen LogP contribution in [0.5, 0.6) is 11.5 Å². The zero-order valence-electron chi connectivity index (χ0n) is 17.0. The summed E-state index contributed by atoms with van der Waals surface area (Å²) in [5, 5.41) is 3.39. The number of nitrogens with one attached hydrogen (secondary N) is 1. The van der Waals surface area contributed by atoms with Crippen LogP contribution in [0.4, 0.5) is 5.69 Å². The molecule has 2 aromatic carbocycles. The highest BCUT2D eigenvalue weighted by Crippen LogP contribution is 2.21. The lowest BCUT2D eigenvalue weighted by Gasteiger charge is -2.15. The third-order valence-corrected chi connectivity index (χ3v) is 5.09. The van der Waals surface area contributed by atoms with Crippen molar-refractivity contribution < 1.29 is 14.3 Å². The van der Waals surface area contributed by atoms with Crippen molar-refractivity contribution in [3.05, 3.63) is 53.1 Å². The van der Waals surface area contributed by atoms with Gasteiger partial charge in [0, 0.05) is 10.7 Å². The minimum Gasteiger partial charge on any atom is -0.493 e. The fourth-order valence-corrected chi connectivity index (χ4v) is 2.94. The third-order valence-electron chi connectivity index (χ3n) is 4.68. The Morgan fingerprint density at radius 3 is 2.36 bits per heavy atom. The maximum absolute atomic E-state index is 12.0. The van der Waals surface area contributed by atoms with E-state index in [4.69, 9.17) is 21.1 Å². The summed E-state index contributed by atoms with van der Waals surface area (Å²) in [6, 6.07) is 12.8. The number of ether oxygens (including phenoxy) is 2. The highest BCUT2D eigenvalue weighted by molar-refractivity contribution is 6.31. The zero-order chi connectivity index (χ0) is 20.4. The van der Waals surface area contributed by atoms with Crippen LogP contribution in [0.1, 0.15) is 45.1 Å². The Labute approximate surface area is 173 Å². The van der Waals surface area contributed by atoms with Gasteiger partial charge in [0.2, 0.25) is 0 Å². The van der Waals surface area contributed by atoms with Gasteiger partial charge in [0.15, 0.2) is 6.61 Å². The molecule has 2 rings (SSSR count). The second kappa shape index (κ2) is 11.6. The molecule has 0 radical (unpaired) electrons. The van der Waals surface area contributed by atoms with Gasteiger partial charge in [0.25, 0.3) is 5.91 Å². The molecule has 152 valence electrons. The van der Waals surface area contributed by atoms with Crippen LogP contribution in [0.25, 0.3) is 0 Å². The minimum absolute atomic E-state index is 0.0688. The lowest BCUT2D eigenvalue weighted by molar-refractivity contribution is -0.118. The number of benzene rings is 2. The first-order valence-electron chi connectivity index (χ1n) is 9.93. The molecule has 1 amide bonds. The van der Waals surface area contributed by atoms with E-state index in [0.717, 1.165) is 24.3 Å². The van der Waals surface area contributed by atoms with Crippen LogP contribution in [0.3, 0.4) is 0 Å². The molecular formula is C23H30ClNO3. The number of hydrogen-bond donors (Lipinski definition) is 1. The highest BCUT2D eigenvalue weighted by Gasteiger charge is 2.08. The molecule has 0 bridgehead atoms. The third kappa shape index (κ3) is 7.43. The summed E-state index contributed by atoms with van der Waals surface area (Å²) in [6.07, 6.45) is 4.79. The topological polar surface area (TPSA) is 47.6 Å². The number of aryl methyl sites for hydroxylation is 1. The van der Waals surface area contributed by atoms with Crippen molar-refractivity contribution in [2.24, 2.45) is 5.92 Å². The van der Waals surface area contributed by atoms with Gasteiger partial charge in [-0.1, -0.05) is 50.8 Å². The van der Waals surface area contributed by atoms with Crippen molar-refractivity contribution >= 4 is 23.2 Å². The summed E-state index contributed by atoms with van der Waals surface area (Å²) in [5.41, 5.74) is 1.62. The van der Waals surface area contributed by atoms with Gasteiger partial charge in [-0.3, -0.25) is 4.79 Å². The largest absolute Gasteiger partial charge is 0.493 e. The number of anilines is 1. The summed E-state index contributed by atoms with van der Waals surface area (Å²) in [5.74, 6) is 1.81. The molecule has 0 fully saturated rings. The predicted octanol–water partition coefficient (Wildman–Crippen LogP) is 6.26. The molecule has 1 unspecified atom stereocenters. The van der Waals surface area contributed by atoms with E-state index < -0.39 is 0 Å². The summed E-state index contributed by atoms with van der Waals surface area (Å²) in [7, 11) is 0. The second-order valence-corrected chi connectivity index (χ2v) is 7.41. The number of carbonyl (C=O) groups is 1. The molecule has 5 heteroatoms. The first kappa shape index (κ1) is 22.1. The lowest BCUT2D eigenvalue weighted by Crippen LogP contribution is -2.20. The van der Waals surface area contributed by atoms with Crippen molar-refractivity contribution in [1.29, 1.82) is 0 Å². The molecule has 0 saturated heterocycles. The van der Waals surface area contributed by atoms with Gasteiger partial charge in [-0.25, -0.2) is 0 Å². The quantitative estimate of drug-likeness (QED) is 0.481. The van der Waals surface area contributed by atoms with Gasteiger partial charge >= 0.3 is 0 Å². The molecule has 28 heavy (non-hydrogen) atoms. The van der Waals surface area contributed by atoms with Crippen LogP contribution in [-0.2, 0) is 4.79 Å². The van der Waals surface area contributed by atoms with Crippen molar-refractivity contribution in [2.75, 3.05) is 18.5 Å². The first-order chi connectivity index (χ1) is 13.5. The number of amides is 1. The maximum atomic E-state index is 12.0. The van der Waals surface area contributed by atoms with Crippen LogP contribution in [0, 0.1) is 12.8 Å².